The molecule has 182 valence electrons. The Balaban J connectivity index is 0.00000199. The zero-order valence-electron chi connectivity index (χ0n) is 20.4. The molecule has 8 nitrogen and oxygen atoms in total. The van der Waals surface area contributed by atoms with E-state index in [0.29, 0.717) is 18.4 Å². The maximum atomic E-state index is 10.8. The summed E-state index contributed by atoms with van der Waals surface area (Å²) in [5.74, 6) is 1.06. The number of aromatic nitrogens is 5. The fourth-order valence-electron chi connectivity index (χ4n) is 3.26. The highest BCUT2D eigenvalue weighted by Gasteiger charge is 2.11. The van der Waals surface area contributed by atoms with E-state index in [1.54, 1.807) is 18.6 Å². The first-order valence-corrected chi connectivity index (χ1v) is 11.9. The van der Waals surface area contributed by atoms with Crippen molar-refractivity contribution in [1.29, 1.82) is 0 Å². The molecule has 3 heterocycles. The van der Waals surface area contributed by atoms with Gasteiger partial charge in [-0.15, -0.1) is 11.6 Å². The Labute approximate surface area is 205 Å². The van der Waals surface area contributed by atoms with E-state index in [1.165, 1.54) is 0 Å². The number of rotatable bonds is 9. The van der Waals surface area contributed by atoms with Gasteiger partial charge in [-0.05, 0) is 37.5 Å². The van der Waals surface area contributed by atoms with Crippen molar-refractivity contribution >= 4 is 35.7 Å². The Morgan fingerprint density at radius 2 is 1.85 bits per heavy atom. The Morgan fingerprint density at radius 3 is 2.41 bits per heavy atom. The van der Waals surface area contributed by atoms with Gasteiger partial charge < -0.3 is 15.0 Å². The Kier molecular flexibility index (Phi) is 10.7. The van der Waals surface area contributed by atoms with E-state index in [0.717, 1.165) is 39.8 Å². The monoisotopic (exact) mass is 484 g/mol. The predicted octanol–water partition coefficient (Wildman–Crippen LogP) is 3.71. The Hall–Kier alpha value is -3.26. The van der Waals surface area contributed by atoms with E-state index < -0.39 is 5.97 Å². The standard InChI is InChI=1S/C23H27ClN6O2.C2H6/c1-4-18-20(7-9-24)29-22(28-18)16-5-6-19(25-12-16)17-13-26-23(27-14-17)30(3)10-8-15(2)11-21(31)32;1-2/h4-7,12-15H,8-11H2,1-3H3,(H,28,29)(H,31,32);1-2H3/b18-4+,20-7+;. The van der Waals surface area contributed by atoms with Crippen LogP contribution >= 0.6 is 11.6 Å². The SMILES string of the molecule is C/C=c1/nc(-c2ccc(-c3cnc(N(C)CCC(C)CC(=O)O)nc3)nc2)[nH]/c1=C/CCl.CC. The minimum Gasteiger partial charge on any atom is -0.481 e. The lowest BCUT2D eigenvalue weighted by Crippen LogP contribution is -2.23. The van der Waals surface area contributed by atoms with Crippen molar-refractivity contribution in [3.8, 4) is 22.6 Å². The van der Waals surface area contributed by atoms with Crippen LogP contribution in [0.1, 0.15) is 40.5 Å². The van der Waals surface area contributed by atoms with Crippen molar-refractivity contribution in [2.45, 2.75) is 40.5 Å². The Bertz CT molecular complexity index is 1160. The van der Waals surface area contributed by atoms with Crippen LogP contribution in [0.2, 0.25) is 0 Å². The molecule has 9 heteroatoms. The van der Waals surface area contributed by atoms with Crippen LogP contribution in [-0.4, -0.2) is 55.5 Å². The number of alkyl halides is 1. The highest BCUT2D eigenvalue weighted by molar-refractivity contribution is 6.20. The first-order chi connectivity index (χ1) is 16.4. The number of hydrogen-bond donors (Lipinski definition) is 2. The van der Waals surface area contributed by atoms with Crippen LogP contribution in [0.5, 0.6) is 0 Å². The number of carboxylic acids is 1. The molecule has 1 unspecified atom stereocenters. The zero-order chi connectivity index (χ0) is 25.1. The van der Waals surface area contributed by atoms with Crippen LogP contribution in [0.15, 0.2) is 30.7 Å². The zero-order valence-corrected chi connectivity index (χ0v) is 21.2. The molecule has 0 radical (unpaired) electrons. The second-order valence-electron chi connectivity index (χ2n) is 7.65. The number of H-pyrrole nitrogens is 1. The molecule has 0 aromatic carbocycles. The van der Waals surface area contributed by atoms with Crippen LogP contribution in [-0.2, 0) is 4.79 Å². The number of hydrogen-bond acceptors (Lipinski definition) is 6. The fraction of sp³-hybridized carbons (Fsp3) is 0.400. The normalized spacial score (nSPS) is 12.8. The number of pyridine rings is 1. The Morgan fingerprint density at radius 1 is 1.18 bits per heavy atom. The summed E-state index contributed by atoms with van der Waals surface area (Å²) in [7, 11) is 1.90. The largest absolute Gasteiger partial charge is 0.481 e. The van der Waals surface area contributed by atoms with Gasteiger partial charge in [0.1, 0.15) is 5.82 Å². The summed E-state index contributed by atoms with van der Waals surface area (Å²) in [5.41, 5.74) is 2.45. The number of aliphatic carboxylic acids is 1. The van der Waals surface area contributed by atoms with E-state index in [-0.39, 0.29) is 12.3 Å². The second-order valence-corrected chi connectivity index (χ2v) is 7.96. The molecule has 2 N–H and O–H groups in total. The van der Waals surface area contributed by atoms with Crippen molar-refractivity contribution in [3.05, 3.63) is 41.4 Å². The van der Waals surface area contributed by atoms with Gasteiger partial charge in [-0.3, -0.25) is 9.78 Å². The molecule has 0 saturated carbocycles. The summed E-state index contributed by atoms with van der Waals surface area (Å²) in [5, 5.41) is 10.6. The van der Waals surface area contributed by atoms with Crippen molar-refractivity contribution in [3.63, 3.8) is 0 Å². The lowest BCUT2D eigenvalue weighted by molar-refractivity contribution is -0.138. The molecule has 3 aromatic heterocycles. The van der Waals surface area contributed by atoms with Gasteiger partial charge in [0.05, 0.1) is 16.4 Å². The lowest BCUT2D eigenvalue weighted by atomic mass is 10.0. The average Bonchev–Trinajstić information content (AvgIpc) is 3.27. The third-order valence-corrected chi connectivity index (χ3v) is 5.26. The molecule has 34 heavy (non-hydrogen) atoms. The smallest absolute Gasteiger partial charge is 0.303 e. The van der Waals surface area contributed by atoms with Crippen LogP contribution in [0, 0.1) is 5.92 Å². The van der Waals surface area contributed by atoms with Gasteiger partial charge in [0.2, 0.25) is 5.95 Å². The molecule has 0 saturated heterocycles. The topological polar surface area (TPSA) is 108 Å². The van der Waals surface area contributed by atoms with Crippen molar-refractivity contribution in [1.82, 2.24) is 24.9 Å². The number of nitrogens with one attached hydrogen (secondary N) is 1. The van der Waals surface area contributed by atoms with Crippen LogP contribution in [0.3, 0.4) is 0 Å². The molecular weight excluding hydrogens is 452 g/mol. The van der Waals surface area contributed by atoms with Gasteiger partial charge in [-0.1, -0.05) is 26.8 Å². The third-order valence-electron chi connectivity index (χ3n) is 5.11. The van der Waals surface area contributed by atoms with Crippen LogP contribution < -0.4 is 15.6 Å². The summed E-state index contributed by atoms with van der Waals surface area (Å²) >= 11 is 5.82. The summed E-state index contributed by atoms with van der Waals surface area (Å²) < 4.78 is 0. The van der Waals surface area contributed by atoms with Gasteiger partial charge in [-0.2, -0.15) is 0 Å². The quantitative estimate of drug-likeness (QED) is 0.445. The predicted molar refractivity (Wildman–Crippen MR) is 138 cm³/mol. The molecule has 0 aliphatic carbocycles. The molecule has 0 aliphatic heterocycles. The number of nitrogens with zero attached hydrogens (tertiary/aromatic N) is 5. The molecule has 0 bridgehead atoms. The van der Waals surface area contributed by atoms with E-state index in [9.17, 15) is 4.79 Å². The van der Waals surface area contributed by atoms with E-state index in [1.807, 2.05) is 63.9 Å². The molecular formula is C25H33ClN6O2. The third kappa shape index (κ3) is 7.38. The number of carbonyl (C=O) groups is 1. The van der Waals surface area contributed by atoms with Gasteiger partial charge in [0.15, 0.2) is 0 Å². The van der Waals surface area contributed by atoms with Gasteiger partial charge in [0.25, 0.3) is 0 Å². The van der Waals surface area contributed by atoms with Crippen LogP contribution in [0.25, 0.3) is 34.8 Å². The minimum absolute atomic E-state index is 0.0984. The van der Waals surface area contributed by atoms with Gasteiger partial charge in [0, 0.05) is 55.6 Å². The summed E-state index contributed by atoms with van der Waals surface area (Å²) in [4.78, 5) is 34.0. The van der Waals surface area contributed by atoms with E-state index in [4.69, 9.17) is 16.7 Å². The maximum Gasteiger partial charge on any atom is 0.303 e. The average molecular weight is 485 g/mol. The molecule has 3 aromatic rings. The highest BCUT2D eigenvalue weighted by atomic mass is 35.5. The second kappa shape index (κ2) is 13.4. The summed E-state index contributed by atoms with van der Waals surface area (Å²) in [6.45, 7) is 8.55. The first kappa shape index (κ1) is 27.0. The fourth-order valence-corrected chi connectivity index (χ4v) is 3.41. The summed E-state index contributed by atoms with van der Waals surface area (Å²) in [6, 6.07) is 3.86. The molecule has 0 fully saturated rings. The lowest BCUT2D eigenvalue weighted by Gasteiger charge is -2.19. The number of aromatic amines is 1. The van der Waals surface area contributed by atoms with Gasteiger partial charge in [-0.25, -0.2) is 15.0 Å². The number of anilines is 1. The summed E-state index contributed by atoms with van der Waals surface area (Å²) in [6.07, 6.45) is 9.99. The van der Waals surface area contributed by atoms with Gasteiger partial charge >= 0.3 is 5.97 Å². The number of halogens is 1. The number of imidazole rings is 1. The van der Waals surface area contributed by atoms with Crippen molar-refractivity contribution < 1.29 is 9.90 Å². The minimum atomic E-state index is -0.774. The number of carboxylic acid groups (broad SMARTS) is 1. The molecule has 0 aliphatic rings. The van der Waals surface area contributed by atoms with Crippen molar-refractivity contribution in [2.24, 2.45) is 5.92 Å². The highest BCUT2D eigenvalue weighted by Crippen LogP contribution is 2.20. The van der Waals surface area contributed by atoms with Crippen LogP contribution in [0.4, 0.5) is 5.95 Å². The maximum absolute atomic E-state index is 10.8. The molecule has 1 atom stereocenters. The first-order valence-electron chi connectivity index (χ1n) is 11.4. The van der Waals surface area contributed by atoms with E-state index in [2.05, 4.69) is 24.9 Å². The molecule has 0 spiro atoms. The molecule has 0 amide bonds. The van der Waals surface area contributed by atoms with E-state index >= 15 is 0 Å². The molecule has 3 rings (SSSR count). The van der Waals surface area contributed by atoms with Crippen molar-refractivity contribution in [2.75, 3.05) is 24.4 Å².